The van der Waals surface area contributed by atoms with E-state index in [-0.39, 0.29) is 35.5 Å². The van der Waals surface area contributed by atoms with Gasteiger partial charge in [0.1, 0.15) is 0 Å². The van der Waals surface area contributed by atoms with Gasteiger partial charge in [-0.25, -0.2) is 0 Å². The number of aliphatic hydroxyl groups excluding tert-OH is 2. The van der Waals surface area contributed by atoms with E-state index in [1.54, 1.807) is 0 Å². The molecule has 8 heteroatoms. The van der Waals surface area contributed by atoms with Crippen LogP contribution in [0.1, 0.15) is 85.0 Å². The fourth-order valence-corrected chi connectivity index (χ4v) is 9.49. The highest BCUT2D eigenvalue weighted by Crippen LogP contribution is 2.68. The summed E-state index contributed by atoms with van der Waals surface area (Å²) >= 11 is 0. The third kappa shape index (κ3) is 4.81. The van der Waals surface area contributed by atoms with Gasteiger partial charge in [0.15, 0.2) is 0 Å². The first kappa shape index (κ1) is 26.4. The van der Waals surface area contributed by atoms with Gasteiger partial charge in [-0.15, -0.1) is 0 Å². The van der Waals surface area contributed by atoms with Crippen molar-refractivity contribution in [2.75, 3.05) is 12.3 Å². The fraction of sp³-hybridized carbons (Fsp3) is 0.962. The maximum Gasteiger partial charge on any atom is 0.266 e. The lowest BCUT2D eigenvalue weighted by atomic mass is 9.43. The lowest BCUT2D eigenvalue weighted by Gasteiger charge is -2.62. The van der Waals surface area contributed by atoms with Crippen molar-refractivity contribution in [1.29, 1.82) is 0 Å². The van der Waals surface area contributed by atoms with E-state index in [4.69, 9.17) is 4.55 Å². The van der Waals surface area contributed by atoms with Gasteiger partial charge in [0, 0.05) is 13.0 Å². The van der Waals surface area contributed by atoms with Crippen LogP contribution in [-0.2, 0) is 14.9 Å². The van der Waals surface area contributed by atoms with E-state index < -0.39 is 15.9 Å². The van der Waals surface area contributed by atoms with Crippen molar-refractivity contribution in [3.8, 4) is 0 Å². The molecule has 196 valence electrons. The molecule has 0 aromatic rings. The molecule has 0 saturated heterocycles. The van der Waals surface area contributed by atoms with Crippen molar-refractivity contribution in [2.45, 2.75) is 97.2 Å². The van der Waals surface area contributed by atoms with Gasteiger partial charge < -0.3 is 15.5 Å². The predicted molar refractivity (Wildman–Crippen MR) is 130 cm³/mol. The smallest absolute Gasteiger partial charge is 0.266 e. The molecular formula is C26H45NO6S. The topological polar surface area (TPSA) is 124 Å². The number of carbonyl (C=O) groups excluding carboxylic acids is 1. The fourth-order valence-electron chi connectivity index (χ4n) is 9.13. The molecular weight excluding hydrogens is 454 g/mol. The number of amides is 1. The van der Waals surface area contributed by atoms with Crippen LogP contribution in [0.25, 0.3) is 0 Å². The van der Waals surface area contributed by atoms with Gasteiger partial charge in [0.05, 0.1) is 18.0 Å². The lowest BCUT2D eigenvalue weighted by molar-refractivity contribution is -0.174. The van der Waals surface area contributed by atoms with Crippen molar-refractivity contribution in [3.63, 3.8) is 0 Å². The highest BCUT2D eigenvalue weighted by molar-refractivity contribution is 7.85. The summed E-state index contributed by atoms with van der Waals surface area (Å²) in [5.74, 6) is 2.28. The summed E-state index contributed by atoms with van der Waals surface area (Å²) in [5, 5.41) is 24.5. The van der Waals surface area contributed by atoms with Crippen LogP contribution >= 0.6 is 0 Å². The minimum Gasteiger partial charge on any atom is -0.393 e. The average molecular weight is 500 g/mol. The number of hydrogen-bond donors (Lipinski definition) is 4. The van der Waals surface area contributed by atoms with E-state index in [0.29, 0.717) is 48.3 Å². The maximum atomic E-state index is 12.2. The van der Waals surface area contributed by atoms with Crippen molar-refractivity contribution >= 4 is 16.0 Å². The van der Waals surface area contributed by atoms with Crippen LogP contribution in [0.5, 0.6) is 0 Å². The van der Waals surface area contributed by atoms with E-state index >= 15 is 0 Å². The third-order valence-corrected chi connectivity index (χ3v) is 11.7. The van der Waals surface area contributed by atoms with Crippen LogP contribution in [-0.4, -0.2) is 53.6 Å². The molecule has 4 fully saturated rings. The lowest BCUT2D eigenvalue weighted by Crippen LogP contribution is -2.58. The quantitative estimate of drug-likeness (QED) is 0.398. The molecule has 34 heavy (non-hydrogen) atoms. The molecule has 4 N–H and O–H groups in total. The molecule has 4 saturated carbocycles. The Hall–Kier alpha value is -0.700. The molecule has 0 bridgehead atoms. The minimum absolute atomic E-state index is 0.0756. The Morgan fingerprint density at radius 1 is 1.06 bits per heavy atom. The Kier molecular flexibility index (Phi) is 7.47. The number of aliphatic hydroxyl groups is 2. The van der Waals surface area contributed by atoms with E-state index in [2.05, 4.69) is 26.1 Å². The maximum absolute atomic E-state index is 12.2. The monoisotopic (exact) mass is 499 g/mol. The molecule has 0 heterocycles. The van der Waals surface area contributed by atoms with Gasteiger partial charge in [-0.05, 0) is 104 Å². The van der Waals surface area contributed by atoms with Crippen molar-refractivity contribution < 1.29 is 28.0 Å². The van der Waals surface area contributed by atoms with Gasteiger partial charge >= 0.3 is 0 Å². The minimum atomic E-state index is -4.07. The van der Waals surface area contributed by atoms with E-state index in [1.807, 2.05) is 0 Å². The summed E-state index contributed by atoms with van der Waals surface area (Å²) in [4.78, 5) is 12.2. The zero-order chi connectivity index (χ0) is 24.9. The number of fused-ring (bicyclic) bond motifs is 5. The first-order valence-corrected chi connectivity index (χ1v) is 15.0. The van der Waals surface area contributed by atoms with Gasteiger partial charge in [-0.1, -0.05) is 20.8 Å². The van der Waals surface area contributed by atoms with E-state index in [9.17, 15) is 23.4 Å². The number of nitrogens with one attached hydrogen (secondary N) is 1. The first-order chi connectivity index (χ1) is 15.9. The van der Waals surface area contributed by atoms with Crippen LogP contribution in [0.4, 0.5) is 0 Å². The molecule has 0 aromatic heterocycles. The van der Waals surface area contributed by atoms with Gasteiger partial charge in [0.25, 0.3) is 10.1 Å². The number of rotatable bonds is 7. The summed E-state index contributed by atoms with van der Waals surface area (Å²) in [6, 6.07) is 0. The normalized spacial score (nSPS) is 45.1. The molecule has 4 rings (SSSR count). The summed E-state index contributed by atoms with van der Waals surface area (Å²) in [6.45, 7) is 6.86. The Morgan fingerprint density at radius 3 is 2.50 bits per heavy atom. The van der Waals surface area contributed by atoms with Gasteiger partial charge in [-0.2, -0.15) is 8.42 Å². The van der Waals surface area contributed by atoms with E-state index in [1.165, 1.54) is 12.8 Å². The molecule has 10 atom stereocenters. The van der Waals surface area contributed by atoms with E-state index in [0.717, 1.165) is 38.5 Å². The summed E-state index contributed by atoms with van der Waals surface area (Å²) in [5.41, 5.74) is 0.105. The van der Waals surface area contributed by atoms with Crippen molar-refractivity contribution in [2.24, 2.45) is 46.3 Å². The molecule has 1 amide bonds. The first-order valence-electron chi connectivity index (χ1n) is 13.4. The molecule has 4 aliphatic carbocycles. The number of hydrogen-bond acceptors (Lipinski definition) is 5. The molecule has 0 aromatic carbocycles. The summed E-state index contributed by atoms with van der Waals surface area (Å²) in [6.07, 6.45) is 8.93. The Balaban J connectivity index is 1.40. The predicted octanol–water partition coefficient (Wildman–Crippen LogP) is 3.40. The SMILES string of the molecule is C[C@H](CCC(=O)NCCS(=O)(=O)O)[C@@H]1CC[C@@H]2[C@H]3CC[C@H]4C[C@@H](O)CC[C@]4(C)[C@@H]3C[C@@H](O)[C@@]21C. The van der Waals surface area contributed by atoms with Crippen LogP contribution in [0.3, 0.4) is 0 Å². The highest BCUT2D eigenvalue weighted by atomic mass is 32.2. The van der Waals surface area contributed by atoms with Crippen LogP contribution < -0.4 is 5.32 Å². The second kappa shape index (κ2) is 9.64. The second-order valence-electron chi connectivity index (χ2n) is 12.5. The Morgan fingerprint density at radius 2 is 1.79 bits per heavy atom. The highest BCUT2D eigenvalue weighted by Gasteiger charge is 2.63. The summed E-state index contributed by atoms with van der Waals surface area (Å²) in [7, 11) is -4.07. The number of carbonyl (C=O) groups is 1. The van der Waals surface area contributed by atoms with Crippen LogP contribution in [0.15, 0.2) is 0 Å². The Bertz CT molecular complexity index is 863. The molecule has 0 unspecified atom stereocenters. The standard InChI is InChI=1S/C26H45NO6S/c1-16(4-9-24(30)27-12-13-34(31,32)33)20-7-8-21-19-6-5-17-14-18(28)10-11-25(17,2)22(19)15-23(29)26(20,21)3/h16-23,28-29H,4-15H2,1-3H3,(H,27,30)(H,31,32,33)/t16-,17+,18+,19-,20+,21-,22-,23-,25+,26-/m1/s1. The zero-order valence-corrected chi connectivity index (χ0v) is 21.9. The molecule has 7 nitrogen and oxygen atoms in total. The van der Waals surface area contributed by atoms with Gasteiger partial charge in [0.2, 0.25) is 5.91 Å². The van der Waals surface area contributed by atoms with Crippen LogP contribution in [0, 0.1) is 46.3 Å². The molecule has 0 radical (unpaired) electrons. The second-order valence-corrected chi connectivity index (χ2v) is 14.1. The van der Waals surface area contributed by atoms with Crippen LogP contribution in [0.2, 0.25) is 0 Å². The Labute approximate surface area is 205 Å². The van der Waals surface area contributed by atoms with Gasteiger partial charge in [-0.3, -0.25) is 9.35 Å². The molecule has 0 spiro atoms. The third-order valence-electron chi connectivity index (χ3n) is 11.0. The van der Waals surface area contributed by atoms with Crippen molar-refractivity contribution in [3.05, 3.63) is 0 Å². The zero-order valence-electron chi connectivity index (χ0n) is 21.1. The summed E-state index contributed by atoms with van der Waals surface area (Å²) < 4.78 is 30.5. The molecule has 4 aliphatic rings. The molecule has 0 aliphatic heterocycles. The van der Waals surface area contributed by atoms with Crippen molar-refractivity contribution in [1.82, 2.24) is 5.32 Å². The largest absolute Gasteiger partial charge is 0.393 e. The average Bonchev–Trinajstić information content (AvgIpc) is 3.11.